The van der Waals surface area contributed by atoms with Crippen LogP contribution in [0.4, 0.5) is 10.8 Å². The van der Waals surface area contributed by atoms with Crippen LogP contribution in [0.3, 0.4) is 0 Å². The summed E-state index contributed by atoms with van der Waals surface area (Å²) in [6, 6.07) is 10.3. The van der Waals surface area contributed by atoms with Crippen LogP contribution in [0, 0.1) is 0 Å². The van der Waals surface area contributed by atoms with Gasteiger partial charge in [-0.2, -0.15) is 0 Å². The summed E-state index contributed by atoms with van der Waals surface area (Å²) in [5, 5.41) is 1.04. The van der Waals surface area contributed by atoms with Gasteiger partial charge in [0.25, 0.3) is 5.91 Å². The molecule has 2 aromatic heterocycles. The van der Waals surface area contributed by atoms with E-state index < -0.39 is 0 Å². The SMILES string of the molecule is CCN(CC)c1nc2sc(C(=O)N(C)Cc3ccccc3N3CCOCC3)cc2s1. The minimum atomic E-state index is 0.0476. The molecule has 0 aliphatic carbocycles. The van der Waals surface area contributed by atoms with Gasteiger partial charge in [0.2, 0.25) is 0 Å². The summed E-state index contributed by atoms with van der Waals surface area (Å²) in [5.41, 5.74) is 2.36. The Morgan fingerprint density at radius 2 is 1.90 bits per heavy atom. The van der Waals surface area contributed by atoms with E-state index in [9.17, 15) is 4.79 Å². The number of benzene rings is 1. The number of ether oxygens (including phenoxy) is 1. The van der Waals surface area contributed by atoms with E-state index >= 15 is 0 Å². The number of amides is 1. The number of rotatable bonds is 7. The lowest BCUT2D eigenvalue weighted by atomic mass is 10.1. The molecule has 1 aliphatic rings. The largest absolute Gasteiger partial charge is 0.378 e. The normalized spacial score (nSPS) is 14.3. The zero-order chi connectivity index (χ0) is 21.1. The van der Waals surface area contributed by atoms with E-state index in [1.54, 1.807) is 16.2 Å². The van der Waals surface area contributed by atoms with Crippen molar-refractivity contribution in [3.8, 4) is 0 Å². The molecule has 0 saturated carbocycles. The molecule has 1 fully saturated rings. The molecule has 3 heterocycles. The van der Waals surface area contributed by atoms with Gasteiger partial charge in [-0.1, -0.05) is 29.5 Å². The molecule has 0 unspecified atom stereocenters. The lowest BCUT2D eigenvalue weighted by Crippen LogP contribution is -2.37. The molecule has 160 valence electrons. The molecule has 0 N–H and O–H groups in total. The molecule has 1 amide bonds. The van der Waals surface area contributed by atoms with Crippen molar-refractivity contribution in [1.82, 2.24) is 9.88 Å². The number of nitrogens with zero attached hydrogens (tertiary/aromatic N) is 4. The molecule has 30 heavy (non-hydrogen) atoms. The average molecular weight is 445 g/mol. The first-order valence-corrected chi connectivity index (χ1v) is 12.0. The molecule has 0 bridgehead atoms. The Hall–Kier alpha value is -2.16. The molecule has 3 aromatic rings. The van der Waals surface area contributed by atoms with Gasteiger partial charge in [0.05, 0.1) is 22.8 Å². The zero-order valence-corrected chi connectivity index (χ0v) is 19.4. The first-order valence-electron chi connectivity index (χ1n) is 10.4. The number of aromatic nitrogens is 1. The highest BCUT2D eigenvalue weighted by atomic mass is 32.1. The number of para-hydroxylation sites is 1. The summed E-state index contributed by atoms with van der Waals surface area (Å²) >= 11 is 3.16. The molecule has 1 aliphatic heterocycles. The van der Waals surface area contributed by atoms with Gasteiger partial charge in [0.1, 0.15) is 4.83 Å². The van der Waals surface area contributed by atoms with Crippen LogP contribution in [-0.4, -0.2) is 62.2 Å². The molecule has 8 heteroatoms. The summed E-state index contributed by atoms with van der Waals surface area (Å²) in [5.74, 6) is 0.0476. The van der Waals surface area contributed by atoms with Gasteiger partial charge in [-0.15, -0.1) is 11.3 Å². The van der Waals surface area contributed by atoms with E-state index in [4.69, 9.17) is 9.72 Å². The van der Waals surface area contributed by atoms with E-state index in [1.165, 1.54) is 17.0 Å². The second-order valence-corrected chi connectivity index (χ2v) is 9.38. The molecule has 6 nitrogen and oxygen atoms in total. The molecule has 0 atom stereocenters. The van der Waals surface area contributed by atoms with Crippen molar-refractivity contribution in [2.24, 2.45) is 0 Å². The van der Waals surface area contributed by atoms with Crippen LogP contribution < -0.4 is 9.80 Å². The van der Waals surface area contributed by atoms with Gasteiger partial charge >= 0.3 is 0 Å². The van der Waals surface area contributed by atoms with Crippen molar-refractivity contribution in [2.75, 3.05) is 56.2 Å². The molecule has 4 rings (SSSR count). The van der Waals surface area contributed by atoms with Gasteiger partial charge in [-0.05, 0) is 31.5 Å². The highest BCUT2D eigenvalue weighted by Crippen LogP contribution is 2.35. The van der Waals surface area contributed by atoms with E-state index in [0.717, 1.165) is 64.5 Å². The number of anilines is 2. The Balaban J connectivity index is 1.49. The number of thiophene rings is 1. The summed E-state index contributed by atoms with van der Waals surface area (Å²) in [4.78, 5) is 26.0. The van der Waals surface area contributed by atoms with Crippen LogP contribution in [0.1, 0.15) is 29.1 Å². The minimum absolute atomic E-state index is 0.0476. The second kappa shape index (κ2) is 9.32. The predicted molar refractivity (Wildman–Crippen MR) is 126 cm³/mol. The van der Waals surface area contributed by atoms with Gasteiger partial charge in [-0.3, -0.25) is 4.79 Å². The van der Waals surface area contributed by atoms with Crippen LogP contribution in [0.5, 0.6) is 0 Å². The van der Waals surface area contributed by atoms with E-state index in [-0.39, 0.29) is 5.91 Å². The Labute approximate surface area is 185 Å². The quantitative estimate of drug-likeness (QED) is 0.543. The lowest BCUT2D eigenvalue weighted by molar-refractivity contribution is 0.0789. The zero-order valence-electron chi connectivity index (χ0n) is 17.8. The van der Waals surface area contributed by atoms with Crippen molar-refractivity contribution >= 4 is 48.9 Å². The van der Waals surface area contributed by atoms with E-state index in [1.807, 2.05) is 19.2 Å². The van der Waals surface area contributed by atoms with Gasteiger partial charge in [0, 0.05) is 45.5 Å². The summed E-state index contributed by atoms with van der Waals surface area (Å²) in [6.45, 7) is 10.00. The Morgan fingerprint density at radius 1 is 1.17 bits per heavy atom. The maximum Gasteiger partial charge on any atom is 0.264 e. The molecular formula is C22H28N4O2S2. The predicted octanol–water partition coefficient (Wildman–Crippen LogP) is 4.31. The van der Waals surface area contributed by atoms with Crippen molar-refractivity contribution in [2.45, 2.75) is 20.4 Å². The number of thiazole rings is 1. The summed E-state index contributed by atoms with van der Waals surface area (Å²) < 4.78 is 6.57. The molecule has 1 saturated heterocycles. The van der Waals surface area contributed by atoms with Gasteiger partial charge in [0.15, 0.2) is 5.13 Å². The number of fused-ring (bicyclic) bond motifs is 1. The highest BCUT2D eigenvalue weighted by Gasteiger charge is 2.21. The van der Waals surface area contributed by atoms with Crippen LogP contribution >= 0.6 is 22.7 Å². The second-order valence-electron chi connectivity index (χ2n) is 7.34. The van der Waals surface area contributed by atoms with Gasteiger partial charge < -0.3 is 19.4 Å². The number of hydrogen-bond acceptors (Lipinski definition) is 7. The van der Waals surface area contributed by atoms with Crippen LogP contribution in [0.15, 0.2) is 30.3 Å². The third kappa shape index (κ3) is 4.31. The van der Waals surface area contributed by atoms with Crippen molar-refractivity contribution in [3.05, 3.63) is 40.8 Å². The van der Waals surface area contributed by atoms with Crippen LogP contribution in [0.2, 0.25) is 0 Å². The maximum atomic E-state index is 13.1. The minimum Gasteiger partial charge on any atom is -0.378 e. The third-order valence-electron chi connectivity index (χ3n) is 5.42. The number of carbonyl (C=O) groups is 1. The topological polar surface area (TPSA) is 48.9 Å². The first-order chi connectivity index (χ1) is 14.6. The fourth-order valence-corrected chi connectivity index (χ4v) is 6.06. The Morgan fingerprint density at radius 3 is 2.60 bits per heavy atom. The summed E-state index contributed by atoms with van der Waals surface area (Å²) in [6.07, 6.45) is 0. The van der Waals surface area contributed by atoms with Crippen molar-refractivity contribution < 1.29 is 9.53 Å². The lowest BCUT2D eigenvalue weighted by Gasteiger charge is -2.31. The number of morpholine rings is 1. The standard InChI is InChI=1S/C22H28N4O2S2/c1-4-25(5-2)22-23-20-18(30-22)14-19(29-20)21(27)24(3)15-16-8-6-7-9-17(16)26-10-12-28-13-11-26/h6-9,14H,4-5,10-13,15H2,1-3H3. The average Bonchev–Trinajstić information content (AvgIpc) is 3.34. The van der Waals surface area contributed by atoms with Crippen molar-refractivity contribution in [3.63, 3.8) is 0 Å². The number of hydrogen-bond donors (Lipinski definition) is 0. The molecule has 0 radical (unpaired) electrons. The maximum absolute atomic E-state index is 13.1. The summed E-state index contributed by atoms with van der Waals surface area (Å²) in [7, 11) is 1.88. The Kier molecular flexibility index (Phi) is 6.55. The van der Waals surface area contributed by atoms with E-state index in [0.29, 0.717) is 6.54 Å². The fourth-order valence-electron chi connectivity index (χ4n) is 3.73. The first kappa shape index (κ1) is 21.1. The highest BCUT2D eigenvalue weighted by molar-refractivity contribution is 7.29. The smallest absolute Gasteiger partial charge is 0.264 e. The third-order valence-corrected chi connectivity index (χ3v) is 7.63. The fraction of sp³-hybridized carbons (Fsp3) is 0.455. The molecule has 1 aromatic carbocycles. The number of carbonyl (C=O) groups excluding carboxylic acids is 1. The molecular weight excluding hydrogens is 416 g/mol. The van der Waals surface area contributed by atoms with E-state index in [2.05, 4.69) is 41.8 Å². The van der Waals surface area contributed by atoms with Crippen LogP contribution in [-0.2, 0) is 11.3 Å². The Bertz CT molecular complexity index is 974. The van der Waals surface area contributed by atoms with Crippen molar-refractivity contribution in [1.29, 1.82) is 0 Å². The van der Waals surface area contributed by atoms with Crippen LogP contribution in [0.25, 0.3) is 9.53 Å². The molecule has 0 spiro atoms. The van der Waals surface area contributed by atoms with Gasteiger partial charge in [-0.25, -0.2) is 4.98 Å². The monoisotopic (exact) mass is 444 g/mol.